The van der Waals surface area contributed by atoms with E-state index in [1.54, 1.807) is 24.3 Å². The molecule has 0 saturated carbocycles. The number of carbonyl (C=O) groups is 2. The highest BCUT2D eigenvalue weighted by Crippen LogP contribution is 2.28. The molecule has 0 radical (unpaired) electrons. The molecule has 2 N–H and O–H groups in total. The fraction of sp³-hybridized carbons (Fsp3) is 0. The molecule has 2 amide bonds. The molecule has 0 spiro atoms. The van der Waals surface area contributed by atoms with Gasteiger partial charge in [-0.05, 0) is 64.8 Å². The highest BCUT2D eigenvalue weighted by molar-refractivity contribution is 7.80. The molecular formula is C25H17ClN4O3S. The maximum Gasteiger partial charge on any atom is 0.258 e. The number of nitroso groups, excluding NO2 is 1. The van der Waals surface area contributed by atoms with Crippen LogP contribution in [0.4, 0.5) is 17.2 Å². The minimum atomic E-state index is -0.525. The molecule has 0 aliphatic carbocycles. The number of halogens is 1. The maximum atomic E-state index is 12.9. The van der Waals surface area contributed by atoms with Crippen molar-refractivity contribution in [1.29, 1.82) is 0 Å². The molecule has 0 unspecified atom stereocenters. The summed E-state index contributed by atoms with van der Waals surface area (Å²) >= 11 is 10.3. The number of rotatable bonds is 6. The van der Waals surface area contributed by atoms with E-state index in [9.17, 15) is 14.5 Å². The van der Waals surface area contributed by atoms with Crippen LogP contribution in [0.25, 0.3) is 11.1 Å². The summed E-state index contributed by atoms with van der Waals surface area (Å²) in [6, 6.07) is 21.9. The number of carbonyl (C=O) groups excluding carboxylic acids is 2. The Bertz CT molecular complexity index is 1380. The highest BCUT2D eigenvalue weighted by atomic mass is 35.5. The molecule has 0 aliphatic heterocycles. The zero-order valence-electron chi connectivity index (χ0n) is 17.5. The molecule has 168 valence electrons. The van der Waals surface area contributed by atoms with Crippen LogP contribution in [0.15, 0.2) is 95.1 Å². The second-order valence-electron chi connectivity index (χ2n) is 7.19. The summed E-state index contributed by atoms with van der Waals surface area (Å²) in [4.78, 5) is 41.6. The van der Waals surface area contributed by atoms with Crippen molar-refractivity contribution >= 4 is 53.2 Å². The van der Waals surface area contributed by atoms with Crippen molar-refractivity contribution in [3.8, 4) is 11.1 Å². The van der Waals surface area contributed by atoms with E-state index in [1.165, 1.54) is 24.4 Å². The van der Waals surface area contributed by atoms with Crippen LogP contribution in [-0.4, -0.2) is 16.8 Å². The van der Waals surface area contributed by atoms with Crippen molar-refractivity contribution < 1.29 is 9.59 Å². The van der Waals surface area contributed by atoms with Gasteiger partial charge in [0.05, 0.1) is 16.3 Å². The molecule has 1 heterocycles. The molecule has 0 atom stereocenters. The van der Waals surface area contributed by atoms with Crippen LogP contribution in [-0.2, 0) is 0 Å². The monoisotopic (exact) mass is 488 g/mol. The minimum Gasteiger partial charge on any atom is -0.321 e. The van der Waals surface area contributed by atoms with Gasteiger partial charge in [0.25, 0.3) is 11.8 Å². The first-order valence-corrected chi connectivity index (χ1v) is 10.9. The quantitative estimate of drug-likeness (QED) is 0.210. The number of nitrogens with one attached hydrogen (secondary N) is 2. The summed E-state index contributed by atoms with van der Waals surface area (Å²) in [6.07, 6.45) is 1.40. The van der Waals surface area contributed by atoms with Crippen LogP contribution in [0.2, 0.25) is 5.02 Å². The summed E-state index contributed by atoms with van der Waals surface area (Å²) in [5.41, 5.74) is 2.56. The predicted octanol–water partition coefficient (Wildman–Crippen LogP) is 6.59. The van der Waals surface area contributed by atoms with E-state index < -0.39 is 11.8 Å². The van der Waals surface area contributed by atoms with Gasteiger partial charge in [-0.1, -0.05) is 41.9 Å². The van der Waals surface area contributed by atoms with E-state index in [-0.39, 0.29) is 22.8 Å². The van der Waals surface area contributed by atoms with Crippen molar-refractivity contribution in [3.63, 3.8) is 0 Å². The van der Waals surface area contributed by atoms with Crippen molar-refractivity contribution in [3.05, 3.63) is 106 Å². The molecule has 3 aromatic carbocycles. The van der Waals surface area contributed by atoms with Gasteiger partial charge in [0.15, 0.2) is 0 Å². The molecule has 4 aromatic rings. The predicted molar refractivity (Wildman–Crippen MR) is 136 cm³/mol. The molecule has 0 aliphatic rings. The SMILES string of the molecule is O=Nc1ccc(C(=O)Nc2ccc(Cl)cn2)c(NC(=O)c2ccc(-c3ccccc3S)cc2)c1. The smallest absolute Gasteiger partial charge is 0.258 e. The zero-order valence-corrected chi connectivity index (χ0v) is 19.2. The lowest BCUT2D eigenvalue weighted by Crippen LogP contribution is -2.18. The van der Waals surface area contributed by atoms with Crippen molar-refractivity contribution in [2.75, 3.05) is 10.6 Å². The molecule has 0 saturated heterocycles. The lowest BCUT2D eigenvalue weighted by molar-refractivity contribution is 0.102. The fourth-order valence-electron chi connectivity index (χ4n) is 3.24. The van der Waals surface area contributed by atoms with Crippen molar-refractivity contribution in [2.24, 2.45) is 5.18 Å². The van der Waals surface area contributed by atoms with Gasteiger partial charge in [-0.25, -0.2) is 4.98 Å². The number of nitrogens with zero attached hydrogens (tertiary/aromatic N) is 2. The highest BCUT2D eigenvalue weighted by Gasteiger charge is 2.17. The number of benzene rings is 3. The molecule has 1 aromatic heterocycles. The largest absolute Gasteiger partial charge is 0.321 e. The number of thiol groups is 1. The molecule has 7 nitrogen and oxygen atoms in total. The minimum absolute atomic E-state index is 0.0669. The van der Waals surface area contributed by atoms with Crippen LogP contribution in [0.3, 0.4) is 0 Å². The second-order valence-corrected chi connectivity index (χ2v) is 8.10. The topological polar surface area (TPSA) is 101 Å². The Hall–Kier alpha value is -4.01. The third-order valence-electron chi connectivity index (χ3n) is 4.93. The standard InChI is InChI=1S/C25H17ClN4O3S/c26-17-9-12-23(27-14-17)29-25(32)20-11-10-18(30-33)13-21(20)28-24(31)16-7-5-15(6-8-16)19-3-1-2-4-22(19)34/h1-14,34H,(H,28,31)(H,27,29,32). The average Bonchev–Trinajstić information content (AvgIpc) is 2.85. The summed E-state index contributed by atoms with van der Waals surface area (Å²) in [6.45, 7) is 0. The lowest BCUT2D eigenvalue weighted by Gasteiger charge is -2.12. The van der Waals surface area contributed by atoms with Gasteiger partial charge in [-0.15, -0.1) is 17.5 Å². The fourth-order valence-corrected chi connectivity index (χ4v) is 3.64. The third-order valence-corrected chi connectivity index (χ3v) is 5.55. The van der Waals surface area contributed by atoms with E-state index >= 15 is 0 Å². The summed E-state index contributed by atoms with van der Waals surface area (Å²) in [5.74, 6) is -0.694. The normalized spacial score (nSPS) is 10.4. The molecule has 0 fully saturated rings. The first kappa shape index (κ1) is 23.2. The van der Waals surface area contributed by atoms with Gasteiger partial charge in [-0.2, -0.15) is 0 Å². The van der Waals surface area contributed by atoms with Gasteiger partial charge in [0, 0.05) is 16.7 Å². The summed E-state index contributed by atoms with van der Waals surface area (Å²) < 4.78 is 0. The maximum absolute atomic E-state index is 12.9. The van der Waals surface area contributed by atoms with E-state index in [2.05, 4.69) is 33.4 Å². The van der Waals surface area contributed by atoms with Crippen LogP contribution in [0.1, 0.15) is 20.7 Å². The molecule has 0 bridgehead atoms. The van der Waals surface area contributed by atoms with Gasteiger partial charge in [-0.3, -0.25) is 9.59 Å². The van der Waals surface area contributed by atoms with Gasteiger partial charge in [0.2, 0.25) is 0 Å². The number of pyridine rings is 1. The Balaban J connectivity index is 1.57. The first-order valence-electron chi connectivity index (χ1n) is 10.0. The van der Waals surface area contributed by atoms with Crippen molar-refractivity contribution in [1.82, 2.24) is 4.98 Å². The summed E-state index contributed by atoms with van der Waals surface area (Å²) in [7, 11) is 0. The Morgan fingerprint density at radius 1 is 0.882 bits per heavy atom. The Kier molecular flexibility index (Phi) is 7.01. The second kappa shape index (κ2) is 10.3. The van der Waals surface area contributed by atoms with Crippen LogP contribution < -0.4 is 10.6 Å². The number of aromatic nitrogens is 1. The number of anilines is 2. The van der Waals surface area contributed by atoms with Gasteiger partial charge in [0.1, 0.15) is 11.5 Å². The third kappa shape index (κ3) is 5.31. The molecular weight excluding hydrogens is 472 g/mol. The van der Waals surface area contributed by atoms with E-state index in [0.29, 0.717) is 10.6 Å². The molecule has 9 heteroatoms. The number of hydrogen-bond acceptors (Lipinski definition) is 6. The number of amides is 2. The van der Waals surface area contributed by atoms with Crippen LogP contribution in [0, 0.1) is 4.91 Å². The van der Waals surface area contributed by atoms with Gasteiger partial charge < -0.3 is 10.6 Å². The number of hydrogen-bond donors (Lipinski definition) is 3. The van der Waals surface area contributed by atoms with Crippen LogP contribution >= 0.6 is 24.2 Å². The van der Waals surface area contributed by atoms with E-state index in [1.807, 2.05) is 36.4 Å². The lowest BCUT2D eigenvalue weighted by atomic mass is 10.0. The van der Waals surface area contributed by atoms with Crippen molar-refractivity contribution in [2.45, 2.75) is 4.90 Å². The Morgan fingerprint density at radius 2 is 1.65 bits per heavy atom. The van der Waals surface area contributed by atoms with Crippen LogP contribution in [0.5, 0.6) is 0 Å². The Labute approximate surface area is 205 Å². The average molecular weight is 489 g/mol. The first-order chi connectivity index (χ1) is 16.4. The Morgan fingerprint density at radius 3 is 2.32 bits per heavy atom. The van der Waals surface area contributed by atoms with Gasteiger partial charge >= 0.3 is 0 Å². The van der Waals surface area contributed by atoms with E-state index in [4.69, 9.17) is 11.6 Å². The van der Waals surface area contributed by atoms with E-state index in [0.717, 1.165) is 16.0 Å². The summed E-state index contributed by atoms with van der Waals surface area (Å²) in [5, 5.41) is 8.64. The zero-order chi connectivity index (χ0) is 24.1. The molecule has 4 rings (SSSR count). The molecule has 34 heavy (non-hydrogen) atoms.